The van der Waals surface area contributed by atoms with Gasteiger partial charge in [-0.2, -0.15) is 0 Å². The number of carbonyl (C=O) groups excluding carboxylic acids is 1. The third-order valence-corrected chi connectivity index (χ3v) is 4.73. The first-order valence-corrected chi connectivity index (χ1v) is 9.48. The van der Waals surface area contributed by atoms with Crippen molar-refractivity contribution in [2.75, 3.05) is 12.8 Å². The zero-order valence-electron chi connectivity index (χ0n) is 13.8. The van der Waals surface area contributed by atoms with Crippen LogP contribution < -0.4 is 5.32 Å². The molecule has 6 heteroatoms. The Bertz CT molecular complexity index is 844. The van der Waals surface area contributed by atoms with E-state index >= 15 is 0 Å². The second-order valence-corrected chi connectivity index (χ2v) is 6.67. The Morgan fingerprint density at radius 1 is 1.16 bits per heavy atom. The number of carbonyl (C=O) groups is 1. The van der Waals surface area contributed by atoms with Crippen molar-refractivity contribution in [1.29, 1.82) is 0 Å². The first kappa shape index (κ1) is 17.6. The van der Waals surface area contributed by atoms with E-state index in [0.717, 1.165) is 27.9 Å². The molecule has 0 spiro atoms. The summed E-state index contributed by atoms with van der Waals surface area (Å²) in [5, 5.41) is 4.58. The lowest BCUT2D eigenvalue weighted by Gasteiger charge is -2.08. The van der Waals surface area contributed by atoms with Gasteiger partial charge in [0.25, 0.3) is 5.91 Å². The monoisotopic (exact) mass is 371 g/mol. The van der Waals surface area contributed by atoms with Crippen LogP contribution in [0.1, 0.15) is 15.9 Å². The van der Waals surface area contributed by atoms with Crippen LogP contribution in [-0.2, 0) is 6.42 Å². The average molecular weight is 372 g/mol. The summed E-state index contributed by atoms with van der Waals surface area (Å²) in [6.45, 7) is 0.584. The molecule has 3 aromatic rings. The van der Waals surface area contributed by atoms with Crippen molar-refractivity contribution in [1.82, 2.24) is 14.9 Å². The maximum Gasteiger partial charge on any atom is 0.251 e. The van der Waals surface area contributed by atoms with Crippen molar-refractivity contribution in [3.63, 3.8) is 0 Å². The van der Waals surface area contributed by atoms with Crippen molar-refractivity contribution >= 4 is 29.3 Å². The highest BCUT2D eigenvalue weighted by molar-refractivity contribution is 7.98. The molecule has 0 saturated heterocycles. The molecule has 1 heterocycles. The minimum absolute atomic E-state index is 0.0729. The fourth-order valence-electron chi connectivity index (χ4n) is 2.48. The predicted molar refractivity (Wildman–Crippen MR) is 103 cm³/mol. The zero-order chi connectivity index (χ0) is 17.6. The smallest absolute Gasteiger partial charge is 0.251 e. The van der Waals surface area contributed by atoms with Gasteiger partial charge in [0, 0.05) is 35.2 Å². The summed E-state index contributed by atoms with van der Waals surface area (Å²) in [6.07, 6.45) is 6.44. The molecule has 0 radical (unpaired) electrons. The predicted octanol–water partition coefficient (Wildman–Crippen LogP) is 4.22. The molecule has 3 rings (SSSR count). The van der Waals surface area contributed by atoms with E-state index in [4.69, 9.17) is 11.6 Å². The van der Waals surface area contributed by atoms with Gasteiger partial charge in [0.15, 0.2) is 5.16 Å². The molecule has 0 aliphatic rings. The number of imidazole rings is 1. The zero-order valence-corrected chi connectivity index (χ0v) is 15.3. The maximum absolute atomic E-state index is 12.3. The van der Waals surface area contributed by atoms with Gasteiger partial charge in [-0.25, -0.2) is 4.98 Å². The molecule has 0 saturated carbocycles. The number of amides is 1. The lowest BCUT2D eigenvalue weighted by molar-refractivity contribution is 0.0954. The highest BCUT2D eigenvalue weighted by Crippen LogP contribution is 2.18. The maximum atomic E-state index is 12.3. The summed E-state index contributed by atoms with van der Waals surface area (Å²) >= 11 is 7.45. The molecule has 0 aliphatic carbocycles. The molecule has 0 atom stereocenters. The number of benzene rings is 2. The van der Waals surface area contributed by atoms with E-state index in [1.807, 2.05) is 65.6 Å². The molecule has 128 valence electrons. The van der Waals surface area contributed by atoms with Gasteiger partial charge in [0.2, 0.25) is 0 Å². The summed E-state index contributed by atoms with van der Waals surface area (Å²) in [7, 11) is 0. The third kappa shape index (κ3) is 4.44. The molecular weight excluding hydrogens is 354 g/mol. The molecule has 25 heavy (non-hydrogen) atoms. The van der Waals surface area contributed by atoms with E-state index < -0.39 is 0 Å². The summed E-state index contributed by atoms with van der Waals surface area (Å²) in [6, 6.07) is 15.2. The van der Waals surface area contributed by atoms with E-state index in [9.17, 15) is 4.79 Å². The number of halogens is 1. The van der Waals surface area contributed by atoms with E-state index in [2.05, 4.69) is 10.3 Å². The van der Waals surface area contributed by atoms with Gasteiger partial charge in [-0.15, -0.1) is 0 Å². The Morgan fingerprint density at radius 2 is 1.88 bits per heavy atom. The van der Waals surface area contributed by atoms with Crippen LogP contribution in [0.25, 0.3) is 5.69 Å². The lowest BCUT2D eigenvalue weighted by atomic mass is 10.1. The Labute approximate surface area is 156 Å². The Hall–Kier alpha value is -2.24. The molecule has 0 unspecified atom stereocenters. The fourth-order valence-corrected chi connectivity index (χ4v) is 3.14. The molecule has 2 aromatic carbocycles. The molecule has 0 aliphatic heterocycles. The van der Waals surface area contributed by atoms with Crippen molar-refractivity contribution in [3.8, 4) is 5.69 Å². The number of aromatic nitrogens is 2. The van der Waals surface area contributed by atoms with Crippen molar-refractivity contribution in [3.05, 3.63) is 77.1 Å². The first-order chi connectivity index (χ1) is 12.2. The minimum atomic E-state index is -0.0729. The van der Waals surface area contributed by atoms with Gasteiger partial charge in [-0.05, 0) is 54.6 Å². The highest BCUT2D eigenvalue weighted by Gasteiger charge is 2.07. The van der Waals surface area contributed by atoms with Crippen molar-refractivity contribution in [2.24, 2.45) is 0 Å². The van der Waals surface area contributed by atoms with E-state index in [1.165, 1.54) is 0 Å². The summed E-state index contributed by atoms with van der Waals surface area (Å²) in [4.78, 5) is 16.5. The van der Waals surface area contributed by atoms with Crippen molar-refractivity contribution < 1.29 is 4.79 Å². The Morgan fingerprint density at radius 3 is 2.56 bits per heavy atom. The minimum Gasteiger partial charge on any atom is -0.352 e. The van der Waals surface area contributed by atoms with Crippen LogP contribution in [-0.4, -0.2) is 28.3 Å². The molecule has 0 bridgehead atoms. The summed E-state index contributed by atoms with van der Waals surface area (Å²) in [5.74, 6) is -0.0729. The average Bonchev–Trinajstić information content (AvgIpc) is 3.12. The van der Waals surface area contributed by atoms with Crippen LogP contribution in [0.5, 0.6) is 0 Å². The van der Waals surface area contributed by atoms with Gasteiger partial charge in [-0.1, -0.05) is 35.5 Å². The van der Waals surface area contributed by atoms with E-state index in [1.54, 1.807) is 18.0 Å². The second-order valence-electron chi connectivity index (χ2n) is 5.46. The van der Waals surface area contributed by atoms with Crippen LogP contribution in [0.15, 0.2) is 66.1 Å². The van der Waals surface area contributed by atoms with Crippen LogP contribution in [0.3, 0.4) is 0 Å². The largest absolute Gasteiger partial charge is 0.352 e. The van der Waals surface area contributed by atoms with Gasteiger partial charge in [0.1, 0.15) is 0 Å². The van der Waals surface area contributed by atoms with Gasteiger partial charge in [0.05, 0.1) is 0 Å². The number of rotatable bonds is 6. The number of nitrogens with one attached hydrogen (secondary N) is 1. The standard InChI is InChI=1S/C19H18ClN3OS/c1-25-19-22-12-13-23(19)17-8-4-15(5-9-17)18(24)21-11-10-14-2-6-16(20)7-3-14/h2-9,12-13H,10-11H2,1H3,(H,21,24). The molecule has 4 nitrogen and oxygen atoms in total. The van der Waals surface area contributed by atoms with Gasteiger partial charge < -0.3 is 5.32 Å². The number of nitrogens with zero attached hydrogens (tertiary/aromatic N) is 2. The van der Waals surface area contributed by atoms with Gasteiger partial charge >= 0.3 is 0 Å². The van der Waals surface area contributed by atoms with E-state index in [0.29, 0.717) is 12.1 Å². The number of hydrogen-bond donors (Lipinski definition) is 1. The molecular formula is C19H18ClN3OS. The fraction of sp³-hybridized carbons (Fsp3) is 0.158. The molecule has 0 fully saturated rings. The third-order valence-electron chi connectivity index (χ3n) is 3.81. The Kier molecular flexibility index (Phi) is 5.79. The quantitative estimate of drug-likeness (QED) is 0.660. The number of hydrogen-bond acceptors (Lipinski definition) is 3. The lowest BCUT2D eigenvalue weighted by Crippen LogP contribution is -2.25. The summed E-state index contributed by atoms with van der Waals surface area (Å²) < 4.78 is 1.99. The molecule has 1 aromatic heterocycles. The van der Waals surface area contributed by atoms with Crippen molar-refractivity contribution in [2.45, 2.75) is 11.6 Å². The molecule has 1 amide bonds. The SMILES string of the molecule is CSc1nccn1-c1ccc(C(=O)NCCc2ccc(Cl)cc2)cc1. The molecule has 1 N–H and O–H groups in total. The normalized spacial score (nSPS) is 10.6. The van der Waals surface area contributed by atoms with E-state index in [-0.39, 0.29) is 5.91 Å². The first-order valence-electron chi connectivity index (χ1n) is 7.88. The van der Waals surface area contributed by atoms with Crippen LogP contribution in [0, 0.1) is 0 Å². The topological polar surface area (TPSA) is 46.9 Å². The van der Waals surface area contributed by atoms with Crippen LogP contribution in [0.4, 0.5) is 0 Å². The van der Waals surface area contributed by atoms with Crippen LogP contribution in [0.2, 0.25) is 5.02 Å². The van der Waals surface area contributed by atoms with Gasteiger partial charge in [-0.3, -0.25) is 9.36 Å². The summed E-state index contributed by atoms with van der Waals surface area (Å²) in [5.41, 5.74) is 2.77. The highest BCUT2D eigenvalue weighted by atomic mass is 35.5. The Balaban J connectivity index is 1.58. The van der Waals surface area contributed by atoms with Crippen LogP contribution >= 0.6 is 23.4 Å². The number of thioether (sulfide) groups is 1. The second kappa shape index (κ2) is 8.23.